The fourth-order valence-corrected chi connectivity index (χ4v) is 7.91. The molecule has 19 nitrogen and oxygen atoms in total. The summed E-state index contributed by atoms with van der Waals surface area (Å²) >= 11 is 0. The molecule has 1 saturated heterocycles. The van der Waals surface area contributed by atoms with Crippen molar-refractivity contribution in [3.05, 3.63) is 41.5 Å². The van der Waals surface area contributed by atoms with Gasteiger partial charge in [-0.25, -0.2) is 0 Å². The fraction of sp³-hybridized carbons (Fsp3) is 0.696. The molecule has 1 heterocycles. The number of benzene rings is 1. The lowest BCUT2D eigenvalue weighted by molar-refractivity contribution is -0.141. The number of nitrogens with one attached hydrogen (secondary N) is 4. The van der Waals surface area contributed by atoms with E-state index in [0.717, 1.165) is 12.0 Å². The highest BCUT2D eigenvalue weighted by Gasteiger charge is 2.60. The SMILES string of the molecule is [B]Cc1ccc(NC(=O)CNC(=O)C(NC(=O)CCOCCOCCOCCOCCOCCOCCOCCOCCNC(=O)CCN2C(=O)C3C4C=C(C)C(C4)C3C2=O)C(C)C)cc1. The molecule has 3 aliphatic rings. The van der Waals surface area contributed by atoms with Crippen molar-refractivity contribution in [2.75, 3.05) is 131 Å². The lowest BCUT2D eigenvalue weighted by atomic mass is 9.82. The normalized spacial score (nSPS) is 19.0. The van der Waals surface area contributed by atoms with Crippen LogP contribution in [0.5, 0.6) is 0 Å². The van der Waals surface area contributed by atoms with E-state index in [1.807, 2.05) is 19.1 Å². The van der Waals surface area contributed by atoms with Crippen LogP contribution < -0.4 is 21.3 Å². The van der Waals surface area contributed by atoms with Gasteiger partial charge in [0.1, 0.15) is 6.04 Å². The highest BCUT2D eigenvalue weighted by molar-refractivity contribution is 6.08. The number of hydrogen-bond donors (Lipinski definition) is 4. The second kappa shape index (κ2) is 30.9. The van der Waals surface area contributed by atoms with Gasteiger partial charge in [0.2, 0.25) is 35.4 Å². The van der Waals surface area contributed by atoms with Gasteiger partial charge in [-0.05, 0) is 43.2 Å². The van der Waals surface area contributed by atoms with Crippen LogP contribution in [-0.2, 0) is 73.0 Å². The second-order valence-corrected chi connectivity index (χ2v) is 16.5. The average molecular weight is 928 g/mol. The molecule has 1 aromatic rings. The van der Waals surface area contributed by atoms with Crippen molar-refractivity contribution < 1.29 is 66.7 Å². The minimum absolute atomic E-state index is 0.0675. The van der Waals surface area contributed by atoms with Gasteiger partial charge >= 0.3 is 0 Å². The molecular weight excluding hydrogens is 857 g/mol. The lowest BCUT2D eigenvalue weighted by Gasteiger charge is -2.21. The Kier molecular flexibility index (Phi) is 25.4. The van der Waals surface area contributed by atoms with Crippen LogP contribution in [0.2, 0.25) is 0 Å². The summed E-state index contributed by atoms with van der Waals surface area (Å²) in [6, 6.07) is 6.29. The zero-order valence-electron chi connectivity index (χ0n) is 38.9. The number of carbonyl (C=O) groups excluding carboxylic acids is 6. The number of nitrogens with zero attached hydrogens (tertiary/aromatic N) is 1. The summed E-state index contributed by atoms with van der Waals surface area (Å²) in [5, 5.41) is 10.8. The first-order chi connectivity index (χ1) is 32.0. The smallest absolute Gasteiger partial charge is 0.243 e. The first kappa shape index (κ1) is 54.3. The Hall–Kier alpha value is -4.28. The molecule has 2 bridgehead atoms. The third-order valence-electron chi connectivity index (χ3n) is 11.3. The van der Waals surface area contributed by atoms with Crippen LogP contribution in [0.1, 0.15) is 45.6 Å². The quantitative estimate of drug-likeness (QED) is 0.0313. The number of imide groups is 1. The Morgan fingerprint density at radius 2 is 1.15 bits per heavy atom. The van der Waals surface area contributed by atoms with Crippen LogP contribution >= 0.6 is 0 Å². The molecule has 5 unspecified atom stereocenters. The molecule has 1 saturated carbocycles. The number of carbonyl (C=O) groups is 6. The molecule has 66 heavy (non-hydrogen) atoms. The van der Waals surface area contributed by atoms with Crippen LogP contribution in [0.4, 0.5) is 5.69 Å². The molecular formula is C46H70BN5O14. The van der Waals surface area contributed by atoms with Crippen LogP contribution in [0, 0.1) is 29.6 Å². The highest BCUT2D eigenvalue weighted by atomic mass is 16.6. The topological polar surface area (TPSA) is 228 Å². The van der Waals surface area contributed by atoms with Crippen molar-refractivity contribution in [2.45, 2.75) is 52.4 Å². The van der Waals surface area contributed by atoms with E-state index in [9.17, 15) is 28.8 Å². The summed E-state index contributed by atoms with van der Waals surface area (Å²) in [5.74, 6) is -2.01. The molecule has 1 aliphatic heterocycles. The molecule has 2 aliphatic carbocycles. The molecule has 0 aromatic heterocycles. The van der Waals surface area contributed by atoms with E-state index >= 15 is 0 Å². The van der Waals surface area contributed by atoms with Gasteiger partial charge < -0.3 is 59.2 Å². The maximum absolute atomic E-state index is 12.9. The van der Waals surface area contributed by atoms with Gasteiger partial charge in [0.25, 0.3) is 0 Å². The zero-order valence-corrected chi connectivity index (χ0v) is 38.9. The van der Waals surface area contributed by atoms with E-state index in [1.54, 1.807) is 26.0 Å². The van der Waals surface area contributed by atoms with Crippen LogP contribution in [-0.4, -0.2) is 180 Å². The fourth-order valence-electron chi connectivity index (χ4n) is 7.91. The van der Waals surface area contributed by atoms with E-state index in [-0.39, 0.29) is 91.7 Å². The summed E-state index contributed by atoms with van der Waals surface area (Å²) < 4.78 is 43.9. The number of fused-ring (bicyclic) bond motifs is 5. The average Bonchev–Trinajstić information content (AvgIpc) is 3.95. The summed E-state index contributed by atoms with van der Waals surface area (Å²) in [5.41, 5.74) is 2.74. The molecule has 1 aromatic carbocycles. The van der Waals surface area contributed by atoms with E-state index in [0.29, 0.717) is 118 Å². The van der Waals surface area contributed by atoms with E-state index in [1.165, 1.54) is 10.5 Å². The highest BCUT2D eigenvalue weighted by Crippen LogP contribution is 2.55. The van der Waals surface area contributed by atoms with Crippen LogP contribution in [0.15, 0.2) is 35.9 Å². The van der Waals surface area contributed by atoms with Gasteiger partial charge in [-0.1, -0.05) is 49.5 Å². The predicted octanol–water partition coefficient (Wildman–Crippen LogP) is 0.777. The minimum atomic E-state index is -0.801. The number of hydrogen-bond acceptors (Lipinski definition) is 14. The molecule has 2 radical (unpaired) electrons. The van der Waals surface area contributed by atoms with E-state index in [4.69, 9.17) is 45.7 Å². The van der Waals surface area contributed by atoms with Crippen molar-refractivity contribution in [3.8, 4) is 0 Å². The third kappa shape index (κ3) is 19.1. The van der Waals surface area contributed by atoms with Crippen molar-refractivity contribution in [2.24, 2.45) is 29.6 Å². The van der Waals surface area contributed by atoms with Gasteiger partial charge in [0.15, 0.2) is 0 Å². The first-order valence-electron chi connectivity index (χ1n) is 23.1. The summed E-state index contributed by atoms with van der Waals surface area (Å²) in [6.45, 7) is 11.9. The molecule has 4 N–H and O–H groups in total. The molecule has 6 amide bonds. The largest absolute Gasteiger partial charge is 0.379 e. The monoisotopic (exact) mass is 928 g/mol. The van der Waals surface area contributed by atoms with Gasteiger partial charge in [-0.15, -0.1) is 0 Å². The number of likely N-dealkylation sites (tertiary alicyclic amines) is 1. The Morgan fingerprint density at radius 3 is 1.67 bits per heavy atom. The maximum atomic E-state index is 12.9. The molecule has 2 fully saturated rings. The Balaban J connectivity index is 0.820. The Bertz CT molecular complexity index is 1700. The minimum Gasteiger partial charge on any atom is -0.379 e. The van der Waals surface area contributed by atoms with Crippen molar-refractivity contribution in [1.29, 1.82) is 0 Å². The molecule has 5 atom stereocenters. The first-order valence-corrected chi connectivity index (χ1v) is 23.1. The number of amides is 6. The maximum Gasteiger partial charge on any atom is 0.243 e. The van der Waals surface area contributed by atoms with Gasteiger partial charge in [-0.3, -0.25) is 33.7 Å². The molecule has 4 rings (SSSR count). The molecule has 366 valence electrons. The standard InChI is InChI=1S/C46H70BN5O14/c1-32(2)43(44(56)49-31-40(55)50-36-6-4-34(30-47)5-7-36)51-39(54)9-12-59-14-16-61-18-20-63-22-24-65-26-27-66-25-23-64-21-19-62-17-15-60-13-10-48-38(53)8-11-52-45(57)41-35-28-33(3)37(29-35)42(41)46(52)58/h4-7,28,32,35,37,41-43H,8-27,29-31H2,1-3H3,(H,48,53)(H,49,56)(H,50,55)(H,51,54). The van der Waals surface area contributed by atoms with Crippen molar-refractivity contribution in [1.82, 2.24) is 20.9 Å². The lowest BCUT2D eigenvalue weighted by Crippen LogP contribution is -2.51. The Morgan fingerprint density at radius 1 is 0.652 bits per heavy atom. The van der Waals surface area contributed by atoms with Gasteiger partial charge in [0.05, 0.1) is 132 Å². The summed E-state index contributed by atoms with van der Waals surface area (Å²) in [7, 11) is 5.59. The number of rotatable bonds is 37. The van der Waals surface area contributed by atoms with E-state index in [2.05, 4.69) is 27.3 Å². The van der Waals surface area contributed by atoms with E-state index < -0.39 is 11.9 Å². The second-order valence-electron chi connectivity index (χ2n) is 16.5. The summed E-state index contributed by atoms with van der Waals surface area (Å²) in [6.07, 6.45) is 3.58. The third-order valence-corrected chi connectivity index (χ3v) is 11.3. The number of anilines is 1. The molecule has 0 spiro atoms. The van der Waals surface area contributed by atoms with Gasteiger partial charge in [-0.2, -0.15) is 0 Å². The molecule has 20 heteroatoms. The summed E-state index contributed by atoms with van der Waals surface area (Å²) in [4.78, 5) is 76.7. The van der Waals surface area contributed by atoms with Crippen LogP contribution in [0.3, 0.4) is 0 Å². The zero-order chi connectivity index (χ0) is 47.5. The number of allylic oxidation sites excluding steroid dienone is 2. The van der Waals surface area contributed by atoms with Gasteiger partial charge in [0, 0.05) is 31.6 Å². The van der Waals surface area contributed by atoms with Crippen molar-refractivity contribution >= 4 is 49.0 Å². The predicted molar refractivity (Wildman–Crippen MR) is 242 cm³/mol. The Labute approximate surface area is 389 Å². The number of ether oxygens (including phenoxy) is 8. The van der Waals surface area contributed by atoms with Crippen LogP contribution in [0.25, 0.3) is 0 Å². The van der Waals surface area contributed by atoms with Crippen molar-refractivity contribution in [3.63, 3.8) is 0 Å².